The third-order valence-corrected chi connectivity index (χ3v) is 3.84. The highest BCUT2D eigenvalue weighted by Gasteiger charge is 2.20. The molecule has 0 bridgehead atoms. The molecule has 3 heterocycles. The topological polar surface area (TPSA) is 70.6 Å². The summed E-state index contributed by atoms with van der Waals surface area (Å²) in [6.07, 6.45) is 5.29. The zero-order valence-corrected chi connectivity index (χ0v) is 12.3. The van der Waals surface area contributed by atoms with Crippen LogP contribution in [0.3, 0.4) is 0 Å². The van der Waals surface area contributed by atoms with Gasteiger partial charge >= 0.3 is 0 Å². The summed E-state index contributed by atoms with van der Waals surface area (Å²) in [5, 5.41) is 13.4. The molecule has 2 aromatic rings. The molecule has 1 fully saturated rings. The highest BCUT2D eigenvalue weighted by Crippen LogP contribution is 2.21. The molecule has 0 spiro atoms. The molecule has 108 valence electrons. The lowest BCUT2D eigenvalue weighted by atomic mass is 9.99. The third-order valence-electron chi connectivity index (χ3n) is 3.84. The molecule has 1 aliphatic rings. The highest BCUT2D eigenvalue weighted by molar-refractivity contribution is 5.40. The monoisotopic (exact) mass is 282 g/mol. The van der Waals surface area contributed by atoms with Gasteiger partial charge in [-0.05, 0) is 32.8 Å². The Morgan fingerprint density at radius 1 is 1.19 bits per heavy atom. The molecule has 3 rings (SSSR count). The number of piperidine rings is 1. The maximum absolute atomic E-state index is 8.97. The molecule has 0 amide bonds. The third kappa shape index (κ3) is 2.72. The van der Waals surface area contributed by atoms with Gasteiger partial charge in [-0.25, -0.2) is 9.67 Å². The van der Waals surface area contributed by atoms with Crippen LogP contribution in [-0.4, -0.2) is 32.8 Å². The number of anilines is 1. The zero-order chi connectivity index (χ0) is 14.8. The number of hydrogen-bond acceptors (Lipinski definition) is 5. The van der Waals surface area contributed by atoms with Crippen molar-refractivity contribution in [1.29, 1.82) is 5.26 Å². The fourth-order valence-corrected chi connectivity index (χ4v) is 2.70. The first-order valence-electron chi connectivity index (χ1n) is 7.17. The number of hydrogen-bond donors (Lipinski definition) is 0. The molecular formula is C15H18N6. The summed E-state index contributed by atoms with van der Waals surface area (Å²) in [5.74, 6) is 1.77. The molecule has 6 nitrogen and oxygen atoms in total. The average molecular weight is 282 g/mol. The normalized spacial score (nSPS) is 16.0. The van der Waals surface area contributed by atoms with E-state index in [0.29, 0.717) is 0 Å². The second-order valence-corrected chi connectivity index (χ2v) is 5.46. The molecule has 1 aliphatic heterocycles. The molecule has 1 saturated heterocycles. The average Bonchev–Trinajstić information content (AvgIpc) is 2.86. The van der Waals surface area contributed by atoms with Crippen molar-refractivity contribution in [3.63, 3.8) is 0 Å². The van der Waals surface area contributed by atoms with E-state index in [2.05, 4.69) is 26.0 Å². The number of nitriles is 1. The SMILES string of the molecule is Cc1cc(C)n(-c2cncc(N3CCC(C#N)CC3)n2)n1. The van der Waals surface area contributed by atoms with Crippen molar-refractivity contribution in [2.24, 2.45) is 5.92 Å². The summed E-state index contributed by atoms with van der Waals surface area (Å²) in [4.78, 5) is 11.2. The smallest absolute Gasteiger partial charge is 0.174 e. The van der Waals surface area contributed by atoms with E-state index in [9.17, 15) is 0 Å². The summed E-state index contributed by atoms with van der Waals surface area (Å²) in [6.45, 7) is 5.68. The van der Waals surface area contributed by atoms with Crippen LogP contribution in [-0.2, 0) is 0 Å². The molecule has 0 aliphatic carbocycles. The van der Waals surface area contributed by atoms with Gasteiger partial charge in [-0.2, -0.15) is 10.4 Å². The van der Waals surface area contributed by atoms with Gasteiger partial charge in [0.1, 0.15) is 5.82 Å². The van der Waals surface area contributed by atoms with Crippen molar-refractivity contribution in [1.82, 2.24) is 19.7 Å². The maximum atomic E-state index is 8.97. The minimum absolute atomic E-state index is 0.174. The minimum atomic E-state index is 0.174. The van der Waals surface area contributed by atoms with Crippen LogP contribution >= 0.6 is 0 Å². The van der Waals surface area contributed by atoms with Crippen molar-refractivity contribution in [3.05, 3.63) is 29.8 Å². The predicted octanol–water partition coefficient (Wildman–Crippen LogP) is 2.02. The first-order chi connectivity index (χ1) is 10.2. The maximum Gasteiger partial charge on any atom is 0.174 e. The van der Waals surface area contributed by atoms with Crippen LogP contribution in [0.2, 0.25) is 0 Å². The summed E-state index contributed by atoms with van der Waals surface area (Å²) in [6, 6.07) is 4.37. The number of aromatic nitrogens is 4. The van der Waals surface area contributed by atoms with Gasteiger partial charge in [0.15, 0.2) is 5.82 Å². The number of rotatable bonds is 2. The molecule has 0 radical (unpaired) electrons. The van der Waals surface area contributed by atoms with E-state index in [1.54, 1.807) is 12.4 Å². The van der Waals surface area contributed by atoms with Crippen LogP contribution in [0.1, 0.15) is 24.2 Å². The van der Waals surface area contributed by atoms with Crippen molar-refractivity contribution in [3.8, 4) is 11.9 Å². The van der Waals surface area contributed by atoms with Crippen LogP contribution in [0.5, 0.6) is 0 Å². The van der Waals surface area contributed by atoms with E-state index in [1.807, 2.05) is 24.6 Å². The molecule has 21 heavy (non-hydrogen) atoms. The van der Waals surface area contributed by atoms with Crippen molar-refractivity contribution >= 4 is 5.82 Å². The Morgan fingerprint density at radius 3 is 2.52 bits per heavy atom. The Hall–Kier alpha value is -2.42. The largest absolute Gasteiger partial charge is 0.355 e. The van der Waals surface area contributed by atoms with Crippen LogP contribution in [0, 0.1) is 31.1 Å². The number of aryl methyl sites for hydroxylation is 2. The number of nitrogens with zero attached hydrogens (tertiary/aromatic N) is 6. The van der Waals surface area contributed by atoms with E-state index >= 15 is 0 Å². The van der Waals surface area contributed by atoms with Crippen LogP contribution in [0.25, 0.3) is 5.82 Å². The van der Waals surface area contributed by atoms with Crippen LogP contribution in [0.15, 0.2) is 18.5 Å². The lowest BCUT2D eigenvalue weighted by molar-refractivity contribution is 0.484. The van der Waals surface area contributed by atoms with E-state index < -0.39 is 0 Å². The first-order valence-corrected chi connectivity index (χ1v) is 7.17. The zero-order valence-electron chi connectivity index (χ0n) is 12.3. The molecule has 6 heteroatoms. The summed E-state index contributed by atoms with van der Waals surface area (Å²) in [7, 11) is 0. The first kappa shape index (κ1) is 13.6. The summed E-state index contributed by atoms with van der Waals surface area (Å²) in [5.41, 5.74) is 2.01. The van der Waals surface area contributed by atoms with Gasteiger partial charge in [-0.1, -0.05) is 0 Å². The fraction of sp³-hybridized carbons (Fsp3) is 0.467. The van der Waals surface area contributed by atoms with Gasteiger partial charge in [-0.15, -0.1) is 0 Å². The Morgan fingerprint density at radius 2 is 1.90 bits per heavy atom. The molecule has 0 unspecified atom stereocenters. The predicted molar refractivity (Wildman–Crippen MR) is 79.2 cm³/mol. The standard InChI is InChI=1S/C15H18N6/c1-11-7-12(2)21(19-11)15-10-17-9-14(18-15)20-5-3-13(8-16)4-6-20/h7,9-10,13H,3-6H2,1-2H3. The van der Waals surface area contributed by atoms with Gasteiger partial charge in [0.25, 0.3) is 0 Å². The van der Waals surface area contributed by atoms with Crippen molar-refractivity contribution < 1.29 is 0 Å². The lowest BCUT2D eigenvalue weighted by Gasteiger charge is -2.29. The minimum Gasteiger partial charge on any atom is -0.355 e. The van der Waals surface area contributed by atoms with Gasteiger partial charge in [0, 0.05) is 24.7 Å². The van der Waals surface area contributed by atoms with Gasteiger partial charge in [-0.3, -0.25) is 4.98 Å². The second kappa shape index (κ2) is 5.52. The second-order valence-electron chi connectivity index (χ2n) is 5.46. The Kier molecular flexibility index (Phi) is 3.57. The van der Waals surface area contributed by atoms with Crippen molar-refractivity contribution in [2.45, 2.75) is 26.7 Å². The van der Waals surface area contributed by atoms with Crippen molar-refractivity contribution in [2.75, 3.05) is 18.0 Å². The van der Waals surface area contributed by atoms with Crippen LogP contribution in [0.4, 0.5) is 5.82 Å². The Balaban J connectivity index is 1.84. The molecule has 2 aromatic heterocycles. The molecule has 0 aromatic carbocycles. The van der Waals surface area contributed by atoms with E-state index in [-0.39, 0.29) is 5.92 Å². The highest BCUT2D eigenvalue weighted by atomic mass is 15.3. The molecule has 0 N–H and O–H groups in total. The molecule has 0 saturated carbocycles. The quantitative estimate of drug-likeness (QED) is 0.842. The van der Waals surface area contributed by atoms with Gasteiger partial charge < -0.3 is 4.90 Å². The van der Waals surface area contributed by atoms with Crippen LogP contribution < -0.4 is 4.90 Å². The van der Waals surface area contributed by atoms with E-state index in [4.69, 9.17) is 5.26 Å². The van der Waals surface area contributed by atoms with E-state index in [1.165, 1.54) is 0 Å². The Bertz CT molecular complexity index is 676. The Labute approximate surface area is 124 Å². The van der Waals surface area contributed by atoms with Gasteiger partial charge in [0.2, 0.25) is 0 Å². The van der Waals surface area contributed by atoms with Gasteiger partial charge in [0.05, 0.1) is 24.2 Å². The fourth-order valence-electron chi connectivity index (χ4n) is 2.70. The molecule has 0 atom stereocenters. The van der Waals surface area contributed by atoms with E-state index in [0.717, 1.165) is 49.0 Å². The molecular weight excluding hydrogens is 264 g/mol. The lowest BCUT2D eigenvalue weighted by Crippen LogP contribution is -2.34. The summed E-state index contributed by atoms with van der Waals surface area (Å²) < 4.78 is 1.81. The summed E-state index contributed by atoms with van der Waals surface area (Å²) >= 11 is 0.